The minimum atomic E-state index is 0.599. The molecule has 1 aromatic carbocycles. The van der Waals surface area contributed by atoms with E-state index in [1.165, 1.54) is 28.4 Å². The van der Waals surface area contributed by atoms with Gasteiger partial charge in [0.05, 0.1) is 0 Å². The monoisotopic (exact) mass is 280 g/mol. The summed E-state index contributed by atoms with van der Waals surface area (Å²) in [6.07, 6.45) is 3.89. The molecule has 1 unspecified atom stereocenters. The van der Waals surface area contributed by atoms with Gasteiger partial charge in [0.25, 0.3) is 0 Å². The van der Waals surface area contributed by atoms with E-state index in [0.29, 0.717) is 6.04 Å². The molecule has 1 aliphatic heterocycles. The molecule has 86 valence electrons. The molecule has 1 aliphatic carbocycles. The Labute approximate surface area is 105 Å². The van der Waals surface area contributed by atoms with Crippen LogP contribution >= 0.6 is 15.9 Å². The molecule has 3 heteroatoms. The lowest BCUT2D eigenvalue weighted by Gasteiger charge is -2.27. The average molecular weight is 281 g/mol. The Morgan fingerprint density at radius 3 is 3.06 bits per heavy atom. The normalized spacial score (nSPS) is 24.2. The summed E-state index contributed by atoms with van der Waals surface area (Å²) in [6.45, 7) is 2.10. The summed E-state index contributed by atoms with van der Waals surface area (Å²) < 4.78 is 1.24. The molecule has 3 rings (SSSR count). The molecule has 0 saturated heterocycles. The van der Waals surface area contributed by atoms with Gasteiger partial charge in [-0.1, -0.05) is 28.1 Å². The Kier molecular flexibility index (Phi) is 3.01. The van der Waals surface area contributed by atoms with Crippen LogP contribution < -0.4 is 10.6 Å². The van der Waals surface area contributed by atoms with Crippen LogP contribution in [0.4, 0.5) is 0 Å². The van der Waals surface area contributed by atoms with Crippen LogP contribution in [0, 0.1) is 0 Å². The lowest BCUT2D eigenvalue weighted by Crippen LogP contribution is -2.43. The van der Waals surface area contributed by atoms with Crippen molar-refractivity contribution in [1.29, 1.82) is 0 Å². The van der Waals surface area contributed by atoms with Crippen molar-refractivity contribution in [3.63, 3.8) is 0 Å². The highest BCUT2D eigenvalue weighted by Crippen LogP contribution is 2.25. The standard InChI is InChI=1S/C13H17BrN2/c14-13-3-1-2-9-6-11(16-8-12(9)13)7-15-10-4-5-10/h1-3,10-11,15-16H,4-8H2. The molecule has 1 atom stereocenters. The maximum Gasteiger partial charge on any atom is 0.0236 e. The van der Waals surface area contributed by atoms with Crippen molar-refractivity contribution in [3.05, 3.63) is 33.8 Å². The molecule has 0 amide bonds. The maximum absolute atomic E-state index is 3.62. The van der Waals surface area contributed by atoms with Gasteiger partial charge in [-0.15, -0.1) is 0 Å². The largest absolute Gasteiger partial charge is 0.312 e. The summed E-state index contributed by atoms with van der Waals surface area (Å²) in [4.78, 5) is 0. The fourth-order valence-electron chi connectivity index (χ4n) is 2.32. The molecule has 2 nitrogen and oxygen atoms in total. The highest BCUT2D eigenvalue weighted by atomic mass is 79.9. The molecule has 0 aromatic heterocycles. The number of benzene rings is 1. The van der Waals surface area contributed by atoms with Crippen LogP contribution in [-0.4, -0.2) is 18.6 Å². The summed E-state index contributed by atoms with van der Waals surface area (Å²) in [5.41, 5.74) is 2.93. The van der Waals surface area contributed by atoms with Gasteiger partial charge in [-0.3, -0.25) is 0 Å². The molecule has 0 spiro atoms. The minimum absolute atomic E-state index is 0.599. The highest BCUT2D eigenvalue weighted by Gasteiger charge is 2.24. The lowest BCUT2D eigenvalue weighted by atomic mass is 9.96. The Hall–Kier alpha value is -0.380. The molecular weight excluding hydrogens is 264 g/mol. The van der Waals surface area contributed by atoms with Crippen molar-refractivity contribution < 1.29 is 0 Å². The second-order valence-corrected chi connectivity index (χ2v) is 5.70. The Morgan fingerprint density at radius 1 is 1.38 bits per heavy atom. The molecular formula is C13H17BrN2. The van der Waals surface area contributed by atoms with Crippen LogP contribution in [-0.2, 0) is 13.0 Å². The van der Waals surface area contributed by atoms with Crippen molar-refractivity contribution in [1.82, 2.24) is 10.6 Å². The molecule has 0 bridgehead atoms. The SMILES string of the molecule is Brc1cccc2c1CNC(CNC1CC1)C2. The van der Waals surface area contributed by atoms with Crippen LogP contribution in [0.3, 0.4) is 0 Å². The van der Waals surface area contributed by atoms with E-state index < -0.39 is 0 Å². The van der Waals surface area contributed by atoms with Gasteiger partial charge in [0, 0.05) is 29.6 Å². The van der Waals surface area contributed by atoms with Crippen molar-refractivity contribution in [2.45, 2.75) is 37.9 Å². The molecule has 2 aliphatic rings. The Bertz CT molecular complexity index is 388. The van der Waals surface area contributed by atoms with Crippen molar-refractivity contribution in [2.75, 3.05) is 6.54 Å². The van der Waals surface area contributed by atoms with E-state index in [1.807, 2.05) is 0 Å². The molecule has 1 aromatic rings. The van der Waals surface area contributed by atoms with Gasteiger partial charge in [-0.2, -0.15) is 0 Å². The van der Waals surface area contributed by atoms with Gasteiger partial charge >= 0.3 is 0 Å². The smallest absolute Gasteiger partial charge is 0.0236 e. The third-order valence-electron chi connectivity index (χ3n) is 3.48. The first-order valence-corrected chi connectivity index (χ1v) is 6.85. The minimum Gasteiger partial charge on any atom is -0.312 e. The number of rotatable bonds is 3. The fraction of sp³-hybridized carbons (Fsp3) is 0.538. The van der Waals surface area contributed by atoms with Gasteiger partial charge in [0.1, 0.15) is 0 Å². The first kappa shape index (κ1) is 10.8. The number of fused-ring (bicyclic) bond motifs is 1. The average Bonchev–Trinajstić information content (AvgIpc) is 3.10. The van der Waals surface area contributed by atoms with Gasteiger partial charge in [0.15, 0.2) is 0 Å². The Balaban J connectivity index is 1.65. The predicted molar refractivity (Wildman–Crippen MR) is 69.5 cm³/mol. The van der Waals surface area contributed by atoms with Crippen LogP contribution in [0.1, 0.15) is 24.0 Å². The van der Waals surface area contributed by atoms with E-state index in [1.54, 1.807) is 0 Å². The van der Waals surface area contributed by atoms with Crippen molar-refractivity contribution in [3.8, 4) is 0 Å². The third-order valence-corrected chi connectivity index (χ3v) is 4.22. The van der Waals surface area contributed by atoms with Gasteiger partial charge < -0.3 is 10.6 Å². The molecule has 1 saturated carbocycles. The first-order valence-electron chi connectivity index (χ1n) is 6.06. The molecule has 16 heavy (non-hydrogen) atoms. The first-order chi connectivity index (χ1) is 7.83. The van der Waals surface area contributed by atoms with E-state index in [-0.39, 0.29) is 0 Å². The number of hydrogen-bond acceptors (Lipinski definition) is 2. The van der Waals surface area contributed by atoms with E-state index in [9.17, 15) is 0 Å². The van der Waals surface area contributed by atoms with Gasteiger partial charge in [-0.05, 0) is 36.5 Å². The molecule has 1 fully saturated rings. The lowest BCUT2D eigenvalue weighted by molar-refractivity contribution is 0.446. The zero-order chi connectivity index (χ0) is 11.0. The second kappa shape index (κ2) is 4.47. The van der Waals surface area contributed by atoms with Crippen molar-refractivity contribution in [2.24, 2.45) is 0 Å². The van der Waals surface area contributed by atoms with E-state index in [2.05, 4.69) is 44.8 Å². The van der Waals surface area contributed by atoms with E-state index in [4.69, 9.17) is 0 Å². The topological polar surface area (TPSA) is 24.1 Å². The maximum atomic E-state index is 3.62. The molecule has 1 heterocycles. The summed E-state index contributed by atoms with van der Waals surface area (Å²) in [7, 11) is 0. The molecule has 2 N–H and O–H groups in total. The summed E-state index contributed by atoms with van der Waals surface area (Å²) >= 11 is 3.62. The number of nitrogens with one attached hydrogen (secondary N) is 2. The van der Waals surface area contributed by atoms with Gasteiger partial charge in [0.2, 0.25) is 0 Å². The third kappa shape index (κ3) is 2.31. The zero-order valence-electron chi connectivity index (χ0n) is 9.30. The van der Waals surface area contributed by atoms with Crippen LogP contribution in [0.15, 0.2) is 22.7 Å². The van der Waals surface area contributed by atoms with E-state index in [0.717, 1.165) is 25.6 Å². The predicted octanol–water partition coefficient (Wildman–Crippen LogP) is 2.22. The number of halogens is 1. The van der Waals surface area contributed by atoms with E-state index >= 15 is 0 Å². The van der Waals surface area contributed by atoms with Gasteiger partial charge in [-0.25, -0.2) is 0 Å². The quantitative estimate of drug-likeness (QED) is 0.887. The fourth-order valence-corrected chi connectivity index (χ4v) is 2.86. The van der Waals surface area contributed by atoms with Crippen molar-refractivity contribution >= 4 is 15.9 Å². The summed E-state index contributed by atoms with van der Waals surface area (Å²) in [5, 5.41) is 7.20. The number of hydrogen-bond donors (Lipinski definition) is 2. The Morgan fingerprint density at radius 2 is 2.25 bits per heavy atom. The summed E-state index contributed by atoms with van der Waals surface area (Å²) in [6, 6.07) is 7.93. The molecule has 0 radical (unpaired) electrons. The zero-order valence-corrected chi connectivity index (χ0v) is 10.9. The van der Waals surface area contributed by atoms with Crippen LogP contribution in [0.5, 0.6) is 0 Å². The van der Waals surface area contributed by atoms with Crippen LogP contribution in [0.2, 0.25) is 0 Å². The second-order valence-electron chi connectivity index (χ2n) is 4.84. The van der Waals surface area contributed by atoms with Crippen LogP contribution in [0.25, 0.3) is 0 Å². The highest BCUT2D eigenvalue weighted by molar-refractivity contribution is 9.10. The summed E-state index contributed by atoms with van der Waals surface area (Å²) in [5.74, 6) is 0.